The molecule has 4 aromatic carbocycles. The fourth-order valence-corrected chi connectivity index (χ4v) is 5.74. The maximum atomic E-state index is 10.8. The average molecular weight is 910 g/mol. The zero-order valence-corrected chi connectivity index (χ0v) is 39.8. The highest BCUT2D eigenvalue weighted by Crippen LogP contribution is 2.19. The van der Waals surface area contributed by atoms with Crippen molar-refractivity contribution in [2.24, 2.45) is 65.9 Å². The predicted molar refractivity (Wildman–Crippen MR) is 267 cm³/mol. The van der Waals surface area contributed by atoms with Crippen molar-refractivity contribution in [1.82, 2.24) is 4.57 Å². The first-order valence-corrected chi connectivity index (χ1v) is 21.6. The first kappa shape index (κ1) is 50.2. The van der Waals surface area contributed by atoms with E-state index >= 15 is 0 Å². The number of nitrogens with zero attached hydrogens (tertiary/aromatic N) is 13. The Kier molecular flexibility index (Phi) is 19.3. The Labute approximate surface area is 398 Å². The van der Waals surface area contributed by atoms with E-state index in [1.807, 2.05) is 266 Å². The monoisotopic (exact) mass is 909 g/mol. The number of hydrazone groups is 2. The van der Waals surface area contributed by atoms with Crippen LogP contribution in [0.2, 0.25) is 0 Å². The number of hydrogen-bond donors (Lipinski definition) is 1. The van der Waals surface area contributed by atoms with E-state index in [9.17, 15) is 4.79 Å². The lowest BCUT2D eigenvalue weighted by molar-refractivity contribution is -0.671. The van der Waals surface area contributed by atoms with E-state index in [-0.39, 0.29) is 5.56 Å². The molecule has 0 saturated heterocycles. The highest BCUT2D eigenvalue weighted by Gasteiger charge is 2.10. The van der Waals surface area contributed by atoms with Crippen LogP contribution in [0.25, 0.3) is 0 Å². The predicted octanol–water partition coefficient (Wildman–Crippen LogP) is 9.16. The quantitative estimate of drug-likeness (QED) is 0.0599. The van der Waals surface area contributed by atoms with Gasteiger partial charge in [-0.25, -0.2) is 27.6 Å². The largest absolute Gasteiger partial charge is 0.478 e. The molecule has 0 aliphatic rings. The topological polar surface area (TPSA) is 138 Å². The Morgan fingerprint density at radius 3 is 1.43 bits per heavy atom. The Morgan fingerprint density at radius 1 is 0.529 bits per heavy atom. The van der Waals surface area contributed by atoms with Gasteiger partial charge < -0.3 is 5.11 Å². The summed E-state index contributed by atoms with van der Waals surface area (Å²) in [4.78, 5) is 10.8. The van der Waals surface area contributed by atoms with Crippen LogP contribution in [0.5, 0.6) is 0 Å². The number of azo groups is 2. The Morgan fingerprint density at radius 2 is 0.971 bits per heavy atom. The number of carboxylic acid groups (broad SMARTS) is 1. The molecule has 4 aromatic heterocycles. The maximum Gasteiger partial charge on any atom is 0.421 e. The Bertz CT molecular complexity index is 2770. The van der Waals surface area contributed by atoms with Gasteiger partial charge in [0.2, 0.25) is 0 Å². The van der Waals surface area contributed by atoms with Crippen molar-refractivity contribution in [2.75, 3.05) is 24.1 Å². The van der Waals surface area contributed by atoms with Gasteiger partial charge in [-0.15, -0.1) is 0 Å². The van der Waals surface area contributed by atoms with Crippen molar-refractivity contribution in [3.63, 3.8) is 0 Å². The second-order valence-corrected chi connectivity index (χ2v) is 15.4. The van der Waals surface area contributed by atoms with Crippen molar-refractivity contribution >= 4 is 52.8 Å². The van der Waals surface area contributed by atoms with Crippen molar-refractivity contribution in [3.05, 3.63) is 217 Å². The molecule has 0 amide bonds. The minimum absolute atomic E-state index is 0.200. The molecule has 0 atom stereocenters. The van der Waals surface area contributed by atoms with E-state index in [0.29, 0.717) is 11.4 Å². The number of para-hydroxylation sites is 2. The summed E-state index contributed by atoms with van der Waals surface area (Å²) in [6.45, 7) is 2.05. The molecule has 344 valence electrons. The number of carboxylic acids is 1. The highest BCUT2D eigenvalue weighted by atomic mass is 16.4. The zero-order valence-electron chi connectivity index (χ0n) is 39.8. The fourth-order valence-electron chi connectivity index (χ4n) is 5.74. The van der Waals surface area contributed by atoms with Crippen LogP contribution in [-0.4, -0.2) is 42.2 Å². The molecule has 0 radical (unpaired) electrons. The van der Waals surface area contributed by atoms with E-state index in [1.165, 1.54) is 17.7 Å². The number of rotatable bonds is 11. The standard InChI is InChI=1S/2C14H16N3.C13H11N3O2.C12H15N4/c2*1-16-10-8-13(9-11-16)12-15-17(2)14-6-4-3-5-7-14;1-16-7-5-11(6-8-16)14-15-12-4-2-3-10(9-12)13(17)18;1-10-4-6-11(7-5-10)13-14-12-15(2)8-9-16(12)3/h2*3-12H,1-2H3;2-9H,1H3;4-9H,1-3H3/q2*+1;;+1/p+1. The molecule has 0 saturated carbocycles. The van der Waals surface area contributed by atoms with Gasteiger partial charge in [-0.1, -0.05) is 65.3 Å². The molecule has 15 nitrogen and oxygen atoms in total. The van der Waals surface area contributed by atoms with Gasteiger partial charge in [-0.3, -0.25) is 10.0 Å². The minimum atomic E-state index is -0.973. The molecule has 8 rings (SSSR count). The first-order chi connectivity index (χ1) is 32.8. The Balaban J connectivity index is 0.000000170. The van der Waals surface area contributed by atoms with Gasteiger partial charge in [0.25, 0.3) is 0 Å². The fraction of sp³-hybridized carbons (Fsp3) is 0.151. The number of anilines is 2. The second-order valence-electron chi connectivity index (χ2n) is 15.4. The molecule has 8 aromatic rings. The number of pyridine rings is 3. The smallest absolute Gasteiger partial charge is 0.421 e. The second kappa shape index (κ2) is 26.2. The SMILES string of the molecule is CN(/N=C/c1cc[n+](C)cc1)c1ccccc1.CN(/N=C/c1cc[n+](C)cc1)c1ccccc1.C[n+]1ccc(N=Nc2cccc(C(=O)O)c2)cc1.Cc1ccc(N=Nc2n(C)cc[n+]2C)cc1. The Hall–Kier alpha value is -8.85. The third-order valence-corrected chi connectivity index (χ3v) is 9.80. The van der Waals surface area contributed by atoms with Crippen LogP contribution in [-0.2, 0) is 35.2 Å². The van der Waals surface area contributed by atoms with Gasteiger partial charge in [-0.05, 0) is 61.5 Å². The summed E-state index contributed by atoms with van der Waals surface area (Å²) in [5.41, 5.74) is 7.85. The van der Waals surface area contributed by atoms with E-state index in [4.69, 9.17) is 5.11 Å². The summed E-state index contributed by atoms with van der Waals surface area (Å²) < 4.78 is 9.75. The van der Waals surface area contributed by atoms with E-state index in [2.05, 4.69) is 37.6 Å². The lowest BCUT2D eigenvalue weighted by Gasteiger charge is -2.11. The van der Waals surface area contributed by atoms with Gasteiger partial charge in [-0.2, -0.15) is 20.4 Å². The molecule has 0 spiro atoms. The summed E-state index contributed by atoms with van der Waals surface area (Å²) in [6.07, 6.45) is 19.3. The summed E-state index contributed by atoms with van der Waals surface area (Å²) in [5, 5.41) is 37.8. The average Bonchev–Trinajstić information content (AvgIpc) is 3.69. The molecule has 68 heavy (non-hydrogen) atoms. The molecule has 0 aliphatic heterocycles. The highest BCUT2D eigenvalue weighted by molar-refractivity contribution is 5.88. The maximum absolute atomic E-state index is 10.8. The first-order valence-electron chi connectivity index (χ1n) is 21.6. The van der Waals surface area contributed by atoms with Crippen LogP contribution in [0.1, 0.15) is 27.0 Å². The molecule has 1 N–H and O–H groups in total. The van der Waals surface area contributed by atoms with Crippen molar-refractivity contribution in [3.8, 4) is 0 Å². The van der Waals surface area contributed by atoms with Crippen LogP contribution < -0.4 is 28.3 Å². The number of imidazole rings is 1. The van der Waals surface area contributed by atoms with Gasteiger partial charge >= 0.3 is 11.9 Å². The van der Waals surface area contributed by atoms with E-state index < -0.39 is 5.97 Å². The van der Waals surface area contributed by atoms with Crippen molar-refractivity contribution in [2.45, 2.75) is 6.92 Å². The molecule has 0 bridgehead atoms. The summed E-state index contributed by atoms with van der Waals surface area (Å²) in [7, 11) is 13.7. The van der Waals surface area contributed by atoms with Crippen LogP contribution in [0, 0.1) is 6.92 Å². The third-order valence-electron chi connectivity index (χ3n) is 9.80. The van der Waals surface area contributed by atoms with Crippen molar-refractivity contribution in [1.29, 1.82) is 0 Å². The number of hydrogen-bond acceptors (Lipinski definition) is 9. The summed E-state index contributed by atoms with van der Waals surface area (Å²) in [5.74, 6) is -0.153. The van der Waals surface area contributed by atoms with Crippen molar-refractivity contribution < 1.29 is 28.2 Å². The molecule has 4 heterocycles. The number of aromatic carboxylic acids is 1. The number of aromatic nitrogens is 5. The lowest BCUT2D eigenvalue weighted by atomic mass is 10.2. The molecule has 0 fully saturated rings. The summed E-state index contributed by atoms with van der Waals surface area (Å²) in [6, 6.07) is 46.2. The van der Waals surface area contributed by atoms with Gasteiger partial charge in [0.15, 0.2) is 37.2 Å². The van der Waals surface area contributed by atoms with Crippen LogP contribution in [0.4, 0.5) is 34.4 Å². The molecular formula is C53H59N13O2+4. The normalized spacial score (nSPS) is 10.8. The zero-order chi connectivity index (χ0) is 48.7. The van der Waals surface area contributed by atoms with E-state index in [1.54, 1.807) is 12.1 Å². The van der Waals surface area contributed by atoms with Crippen LogP contribution in [0.15, 0.2) is 226 Å². The molecule has 0 unspecified atom stereocenters. The summed E-state index contributed by atoms with van der Waals surface area (Å²) >= 11 is 0. The molecule has 15 heteroatoms. The lowest BCUT2D eigenvalue weighted by Crippen LogP contribution is -2.25. The molecule has 0 aliphatic carbocycles. The number of benzene rings is 4. The number of carbonyl (C=O) groups is 1. The van der Waals surface area contributed by atoms with E-state index in [0.717, 1.165) is 34.1 Å². The number of aryl methyl sites for hydroxylation is 6. The van der Waals surface area contributed by atoms with Gasteiger partial charge in [0.05, 0.1) is 67.2 Å². The molecular weight excluding hydrogens is 851 g/mol. The van der Waals surface area contributed by atoms with Crippen LogP contribution >= 0.6 is 0 Å². The van der Waals surface area contributed by atoms with Crippen LogP contribution in [0.3, 0.4) is 0 Å². The van der Waals surface area contributed by atoms with Gasteiger partial charge in [0.1, 0.15) is 26.8 Å². The third kappa shape index (κ3) is 17.3. The van der Waals surface area contributed by atoms with Gasteiger partial charge in [0, 0.05) is 66.7 Å². The minimum Gasteiger partial charge on any atom is -0.478 e.